The van der Waals surface area contributed by atoms with Crippen LogP contribution in [0.4, 0.5) is 30.7 Å². The van der Waals surface area contributed by atoms with Crippen molar-refractivity contribution in [1.29, 1.82) is 0 Å². The molecule has 1 aliphatic rings. The molecule has 0 spiro atoms. The van der Waals surface area contributed by atoms with E-state index in [4.69, 9.17) is 4.74 Å². The highest BCUT2D eigenvalue weighted by Gasteiger charge is 2.35. The zero-order valence-electron chi connectivity index (χ0n) is 15.7. The summed E-state index contributed by atoms with van der Waals surface area (Å²) in [7, 11) is 0. The summed E-state index contributed by atoms with van der Waals surface area (Å²) in [5.41, 5.74) is 1.01. The molecule has 2 unspecified atom stereocenters. The third kappa shape index (κ3) is 5.13. The van der Waals surface area contributed by atoms with Gasteiger partial charge in [0, 0.05) is 11.5 Å². The SMILES string of the molecule is C/C(F)=C(\F)c1ccc(C2CCC(c3cc(F)c(OC(F)(F)F)c(F)c3)OC2)cc1. The minimum atomic E-state index is -5.21. The Kier molecular flexibility index (Phi) is 6.40. The van der Waals surface area contributed by atoms with Crippen LogP contribution in [0, 0.1) is 11.6 Å². The number of rotatable bonds is 4. The fourth-order valence-electron chi connectivity index (χ4n) is 3.36. The summed E-state index contributed by atoms with van der Waals surface area (Å²) in [5.74, 6) is -6.38. The van der Waals surface area contributed by atoms with Gasteiger partial charge in [0.1, 0.15) is 5.83 Å². The third-order valence-corrected chi connectivity index (χ3v) is 4.82. The van der Waals surface area contributed by atoms with Gasteiger partial charge in [-0.3, -0.25) is 0 Å². The largest absolute Gasteiger partial charge is 0.573 e. The Balaban J connectivity index is 1.68. The molecule has 1 saturated heterocycles. The molecular formula is C21H17F7O2. The Labute approximate surface area is 167 Å². The predicted molar refractivity (Wildman–Crippen MR) is 95.0 cm³/mol. The lowest BCUT2D eigenvalue weighted by atomic mass is 9.89. The fraction of sp³-hybridized carbons (Fsp3) is 0.333. The summed E-state index contributed by atoms with van der Waals surface area (Å²) in [4.78, 5) is 0. The molecule has 1 heterocycles. The summed E-state index contributed by atoms with van der Waals surface area (Å²) in [6.45, 7) is 1.21. The highest BCUT2D eigenvalue weighted by atomic mass is 19.4. The molecule has 2 aromatic carbocycles. The molecule has 0 aliphatic carbocycles. The number of ether oxygens (including phenoxy) is 2. The van der Waals surface area contributed by atoms with Crippen LogP contribution in [0.5, 0.6) is 5.75 Å². The van der Waals surface area contributed by atoms with Crippen molar-refractivity contribution in [2.45, 2.75) is 38.1 Å². The smallest absolute Gasteiger partial charge is 0.399 e. The van der Waals surface area contributed by atoms with Crippen LogP contribution in [0.25, 0.3) is 5.83 Å². The summed E-state index contributed by atoms with van der Waals surface area (Å²) >= 11 is 0. The first-order chi connectivity index (χ1) is 14.0. The zero-order chi connectivity index (χ0) is 22.1. The lowest BCUT2D eigenvalue weighted by Gasteiger charge is -2.30. The maximum Gasteiger partial charge on any atom is 0.573 e. The van der Waals surface area contributed by atoms with Crippen molar-refractivity contribution in [3.8, 4) is 5.75 Å². The summed E-state index contributed by atoms with van der Waals surface area (Å²) in [5, 5.41) is 0. The molecule has 0 saturated carbocycles. The van der Waals surface area contributed by atoms with Gasteiger partial charge in [0.2, 0.25) is 5.75 Å². The summed E-state index contributed by atoms with van der Waals surface area (Å²) in [6, 6.07) is 7.72. The zero-order valence-corrected chi connectivity index (χ0v) is 15.7. The standard InChI is InChI=1S/C21H17F7O2/c1-11(22)19(25)13-4-2-12(3-5-13)14-6-7-18(29-10-14)15-8-16(23)20(17(24)9-15)30-21(26,27)28/h2-5,8-9,14,18H,6-7,10H2,1H3/b19-11+. The van der Waals surface area contributed by atoms with Gasteiger partial charge in [-0.25, -0.2) is 17.6 Å². The Morgan fingerprint density at radius 1 is 0.967 bits per heavy atom. The lowest BCUT2D eigenvalue weighted by Crippen LogP contribution is -2.21. The highest BCUT2D eigenvalue weighted by Crippen LogP contribution is 2.38. The van der Waals surface area contributed by atoms with Gasteiger partial charge >= 0.3 is 6.36 Å². The van der Waals surface area contributed by atoms with E-state index in [0.717, 1.165) is 24.6 Å². The molecular weight excluding hydrogens is 417 g/mol. The van der Waals surface area contributed by atoms with Crippen LogP contribution >= 0.6 is 0 Å². The molecule has 0 aromatic heterocycles. The van der Waals surface area contributed by atoms with Gasteiger partial charge < -0.3 is 9.47 Å². The van der Waals surface area contributed by atoms with Crippen LogP contribution in [0.3, 0.4) is 0 Å². The molecule has 2 atom stereocenters. The van der Waals surface area contributed by atoms with Crippen LogP contribution in [0.15, 0.2) is 42.2 Å². The molecule has 2 nitrogen and oxygen atoms in total. The predicted octanol–water partition coefficient (Wildman–Crippen LogP) is 7.13. The molecule has 162 valence electrons. The van der Waals surface area contributed by atoms with E-state index in [1.165, 1.54) is 12.1 Å². The molecule has 3 rings (SSSR count). The van der Waals surface area contributed by atoms with E-state index in [0.29, 0.717) is 12.8 Å². The third-order valence-electron chi connectivity index (χ3n) is 4.82. The van der Waals surface area contributed by atoms with E-state index in [1.807, 2.05) is 0 Å². The maximum absolute atomic E-state index is 13.9. The molecule has 1 fully saturated rings. The van der Waals surface area contributed by atoms with Crippen LogP contribution in [0.2, 0.25) is 0 Å². The topological polar surface area (TPSA) is 18.5 Å². The van der Waals surface area contributed by atoms with Crippen molar-refractivity contribution in [2.24, 2.45) is 0 Å². The second-order valence-electron chi connectivity index (χ2n) is 6.93. The van der Waals surface area contributed by atoms with E-state index >= 15 is 0 Å². The van der Waals surface area contributed by atoms with E-state index in [-0.39, 0.29) is 23.7 Å². The molecule has 1 aliphatic heterocycles. The van der Waals surface area contributed by atoms with Crippen molar-refractivity contribution >= 4 is 5.83 Å². The average Bonchev–Trinajstić information content (AvgIpc) is 2.69. The number of hydrogen-bond acceptors (Lipinski definition) is 2. The molecule has 0 N–H and O–H groups in total. The van der Waals surface area contributed by atoms with Crippen LogP contribution in [-0.2, 0) is 4.74 Å². The maximum atomic E-state index is 13.9. The van der Waals surface area contributed by atoms with E-state index in [1.54, 1.807) is 12.1 Å². The molecule has 2 aromatic rings. The van der Waals surface area contributed by atoms with Gasteiger partial charge in [-0.2, -0.15) is 0 Å². The lowest BCUT2D eigenvalue weighted by molar-refractivity contribution is -0.276. The van der Waals surface area contributed by atoms with Gasteiger partial charge in [-0.05, 0) is 43.0 Å². The number of hydrogen-bond donors (Lipinski definition) is 0. The molecule has 0 bridgehead atoms. The van der Waals surface area contributed by atoms with Crippen molar-refractivity contribution in [3.05, 3.63) is 70.5 Å². The van der Waals surface area contributed by atoms with Crippen LogP contribution in [0.1, 0.15) is 48.5 Å². The first kappa shape index (κ1) is 22.1. The fourth-order valence-corrected chi connectivity index (χ4v) is 3.36. The van der Waals surface area contributed by atoms with Crippen molar-refractivity contribution in [2.75, 3.05) is 6.61 Å². The molecule has 0 amide bonds. The van der Waals surface area contributed by atoms with Gasteiger partial charge in [-0.15, -0.1) is 13.2 Å². The quantitative estimate of drug-likeness (QED) is 0.477. The average molecular weight is 434 g/mol. The molecule has 0 radical (unpaired) electrons. The minimum absolute atomic E-state index is 0.0685. The van der Waals surface area contributed by atoms with Crippen LogP contribution < -0.4 is 4.74 Å². The number of alkyl halides is 3. The Hall–Kier alpha value is -2.55. The Morgan fingerprint density at radius 3 is 2.03 bits per heavy atom. The monoisotopic (exact) mass is 434 g/mol. The van der Waals surface area contributed by atoms with Crippen molar-refractivity contribution in [3.63, 3.8) is 0 Å². The second-order valence-corrected chi connectivity index (χ2v) is 6.93. The normalized spacial score (nSPS) is 20.7. The number of allylic oxidation sites excluding steroid dienone is 1. The summed E-state index contributed by atoms with van der Waals surface area (Å²) in [6.07, 6.45) is -4.98. The van der Waals surface area contributed by atoms with Crippen molar-refractivity contribution < 1.29 is 40.2 Å². The number of halogens is 7. The molecule has 9 heteroatoms. The van der Waals surface area contributed by atoms with Crippen molar-refractivity contribution in [1.82, 2.24) is 0 Å². The first-order valence-electron chi connectivity index (χ1n) is 9.03. The summed E-state index contributed by atoms with van der Waals surface area (Å²) < 4.78 is 100. The van der Waals surface area contributed by atoms with Gasteiger partial charge in [0.05, 0.1) is 12.7 Å². The van der Waals surface area contributed by atoms with E-state index in [2.05, 4.69) is 4.74 Å². The van der Waals surface area contributed by atoms with E-state index < -0.39 is 41.5 Å². The highest BCUT2D eigenvalue weighted by molar-refractivity contribution is 5.60. The number of benzene rings is 2. The second kappa shape index (κ2) is 8.67. The first-order valence-corrected chi connectivity index (χ1v) is 9.03. The van der Waals surface area contributed by atoms with Gasteiger partial charge in [0.25, 0.3) is 0 Å². The van der Waals surface area contributed by atoms with E-state index in [9.17, 15) is 30.7 Å². The van der Waals surface area contributed by atoms with Crippen LogP contribution in [-0.4, -0.2) is 13.0 Å². The van der Waals surface area contributed by atoms with Gasteiger partial charge in [0.15, 0.2) is 17.5 Å². The minimum Gasteiger partial charge on any atom is -0.399 e. The Bertz CT molecular complexity index is 900. The Morgan fingerprint density at radius 2 is 1.57 bits per heavy atom. The van der Waals surface area contributed by atoms with Gasteiger partial charge in [-0.1, -0.05) is 24.3 Å². The molecule has 30 heavy (non-hydrogen) atoms.